The first kappa shape index (κ1) is 14.5. The van der Waals surface area contributed by atoms with Crippen LogP contribution >= 0.6 is 11.6 Å². The second-order valence-corrected chi connectivity index (χ2v) is 6.89. The number of halogens is 1. The fourth-order valence-electron chi connectivity index (χ4n) is 3.08. The molecule has 0 aliphatic heterocycles. The minimum atomic E-state index is -1.01. The van der Waals surface area contributed by atoms with Crippen molar-refractivity contribution in [2.75, 3.05) is 0 Å². The van der Waals surface area contributed by atoms with Gasteiger partial charge in [0.15, 0.2) is 0 Å². The summed E-state index contributed by atoms with van der Waals surface area (Å²) in [5, 5.41) is 16.4. The summed E-state index contributed by atoms with van der Waals surface area (Å²) in [7, 11) is 0. The van der Waals surface area contributed by atoms with Crippen LogP contribution in [0, 0.1) is 11.3 Å². The number of benzene rings is 1. The van der Waals surface area contributed by atoms with Crippen LogP contribution in [0.4, 0.5) is 0 Å². The Morgan fingerprint density at radius 1 is 1.29 bits per heavy atom. The average molecular weight is 306 g/mol. The molecule has 1 heterocycles. The van der Waals surface area contributed by atoms with E-state index in [1.54, 1.807) is 11.0 Å². The maximum Gasteiger partial charge on any atom is 0.137 e. The second-order valence-electron chi connectivity index (χ2n) is 6.46. The highest BCUT2D eigenvalue weighted by atomic mass is 35.5. The lowest BCUT2D eigenvalue weighted by Gasteiger charge is -2.43. The standard InChI is InChI=1S/C16H20ClN3O/c1-15(2,12-3-4-12)16(21,9-20-11-18-10-19-20)13-5-7-14(17)8-6-13/h5-8,10-12,21H,3-4,9H2,1-2H3/t16-/m0/s1. The molecule has 112 valence electrons. The predicted molar refractivity (Wildman–Crippen MR) is 81.9 cm³/mol. The second kappa shape index (κ2) is 5.11. The van der Waals surface area contributed by atoms with Gasteiger partial charge in [-0.1, -0.05) is 37.6 Å². The number of rotatable bonds is 5. The van der Waals surface area contributed by atoms with E-state index in [9.17, 15) is 5.11 Å². The highest BCUT2D eigenvalue weighted by Gasteiger charge is 2.53. The Kier molecular flexibility index (Phi) is 3.54. The van der Waals surface area contributed by atoms with Gasteiger partial charge in [-0.2, -0.15) is 5.10 Å². The molecule has 5 heteroatoms. The lowest BCUT2D eigenvalue weighted by molar-refractivity contribution is -0.101. The van der Waals surface area contributed by atoms with Crippen LogP contribution in [0.5, 0.6) is 0 Å². The van der Waals surface area contributed by atoms with Crippen molar-refractivity contribution in [1.82, 2.24) is 14.8 Å². The van der Waals surface area contributed by atoms with E-state index in [1.165, 1.54) is 19.2 Å². The summed E-state index contributed by atoms with van der Waals surface area (Å²) in [5.41, 5.74) is -0.376. The summed E-state index contributed by atoms with van der Waals surface area (Å²) in [4.78, 5) is 3.98. The van der Waals surface area contributed by atoms with Gasteiger partial charge in [-0.25, -0.2) is 9.67 Å². The van der Waals surface area contributed by atoms with E-state index in [2.05, 4.69) is 23.9 Å². The Bertz CT molecular complexity index is 605. The number of nitrogens with zero attached hydrogens (tertiary/aromatic N) is 3. The van der Waals surface area contributed by atoms with Crippen molar-refractivity contribution in [3.05, 3.63) is 47.5 Å². The van der Waals surface area contributed by atoms with Crippen LogP contribution in [-0.4, -0.2) is 19.9 Å². The molecule has 1 aliphatic carbocycles. The highest BCUT2D eigenvalue weighted by Crippen LogP contribution is 2.55. The molecule has 1 saturated carbocycles. The SMILES string of the molecule is CC(C)(C1CC1)[C@](O)(Cn1cncn1)c1ccc(Cl)cc1. The van der Waals surface area contributed by atoms with E-state index in [0.717, 1.165) is 5.56 Å². The summed E-state index contributed by atoms with van der Waals surface area (Å²) in [5.74, 6) is 0.529. The van der Waals surface area contributed by atoms with E-state index in [-0.39, 0.29) is 5.41 Å². The normalized spacial score (nSPS) is 18.5. The first-order valence-electron chi connectivity index (χ1n) is 7.24. The fourth-order valence-corrected chi connectivity index (χ4v) is 3.21. The van der Waals surface area contributed by atoms with E-state index in [0.29, 0.717) is 17.5 Å². The Labute approximate surface area is 129 Å². The lowest BCUT2D eigenvalue weighted by atomic mass is 9.67. The van der Waals surface area contributed by atoms with Gasteiger partial charge in [-0.3, -0.25) is 0 Å². The van der Waals surface area contributed by atoms with Crippen molar-refractivity contribution in [2.45, 2.75) is 38.8 Å². The van der Waals surface area contributed by atoms with Crippen molar-refractivity contribution in [3.63, 3.8) is 0 Å². The molecule has 2 aromatic rings. The zero-order valence-electron chi connectivity index (χ0n) is 12.3. The van der Waals surface area contributed by atoms with Gasteiger partial charge in [-0.15, -0.1) is 0 Å². The van der Waals surface area contributed by atoms with Crippen molar-refractivity contribution in [3.8, 4) is 0 Å². The third-order valence-corrected chi connectivity index (χ3v) is 5.10. The molecule has 1 fully saturated rings. The van der Waals surface area contributed by atoms with Crippen LogP contribution in [0.15, 0.2) is 36.9 Å². The van der Waals surface area contributed by atoms with Crippen LogP contribution in [0.3, 0.4) is 0 Å². The molecule has 1 N–H and O–H groups in total. The van der Waals surface area contributed by atoms with Gasteiger partial charge in [-0.05, 0) is 36.5 Å². The maximum absolute atomic E-state index is 11.6. The largest absolute Gasteiger partial charge is 0.383 e. The third-order valence-electron chi connectivity index (χ3n) is 4.84. The Morgan fingerprint density at radius 2 is 1.95 bits per heavy atom. The van der Waals surface area contributed by atoms with Gasteiger partial charge in [0.2, 0.25) is 0 Å². The molecule has 0 radical (unpaired) electrons. The van der Waals surface area contributed by atoms with Crippen molar-refractivity contribution in [2.24, 2.45) is 11.3 Å². The molecule has 0 bridgehead atoms. The molecular formula is C16H20ClN3O. The van der Waals surface area contributed by atoms with Gasteiger partial charge < -0.3 is 5.11 Å². The predicted octanol–water partition coefficient (Wildman–Crippen LogP) is 3.26. The van der Waals surface area contributed by atoms with E-state index in [1.807, 2.05) is 24.3 Å². The molecule has 21 heavy (non-hydrogen) atoms. The van der Waals surface area contributed by atoms with E-state index >= 15 is 0 Å². The summed E-state index contributed by atoms with van der Waals surface area (Å²) < 4.78 is 1.69. The number of hydrogen-bond acceptors (Lipinski definition) is 3. The molecule has 0 spiro atoms. The van der Waals surface area contributed by atoms with E-state index in [4.69, 9.17) is 11.6 Å². The fraction of sp³-hybridized carbons (Fsp3) is 0.500. The average Bonchev–Trinajstić information content (AvgIpc) is 3.20. The first-order chi connectivity index (χ1) is 9.93. The van der Waals surface area contributed by atoms with Crippen molar-refractivity contribution in [1.29, 1.82) is 0 Å². The van der Waals surface area contributed by atoms with Crippen LogP contribution in [0.25, 0.3) is 0 Å². The first-order valence-corrected chi connectivity index (χ1v) is 7.62. The summed E-state index contributed by atoms with van der Waals surface area (Å²) in [6, 6.07) is 7.46. The molecule has 1 atom stereocenters. The zero-order chi connectivity index (χ0) is 15.1. The van der Waals surface area contributed by atoms with Gasteiger partial charge in [0, 0.05) is 10.4 Å². The molecule has 0 amide bonds. The maximum atomic E-state index is 11.6. The molecule has 0 unspecified atom stereocenters. The molecular weight excluding hydrogens is 286 g/mol. The number of aliphatic hydroxyl groups is 1. The lowest BCUT2D eigenvalue weighted by Crippen LogP contribution is -2.47. The molecule has 1 aliphatic rings. The molecule has 1 aromatic carbocycles. The number of aromatic nitrogens is 3. The van der Waals surface area contributed by atoms with Crippen LogP contribution < -0.4 is 0 Å². The van der Waals surface area contributed by atoms with Gasteiger partial charge >= 0.3 is 0 Å². The van der Waals surface area contributed by atoms with Crippen molar-refractivity contribution >= 4 is 11.6 Å². The quantitative estimate of drug-likeness (QED) is 0.922. The molecule has 1 aromatic heterocycles. The van der Waals surface area contributed by atoms with Crippen LogP contribution in [0.2, 0.25) is 5.02 Å². The molecule has 0 saturated heterocycles. The number of hydrogen-bond donors (Lipinski definition) is 1. The highest BCUT2D eigenvalue weighted by molar-refractivity contribution is 6.30. The van der Waals surface area contributed by atoms with Gasteiger partial charge in [0.1, 0.15) is 18.3 Å². The minimum Gasteiger partial charge on any atom is -0.383 e. The summed E-state index contributed by atoms with van der Waals surface area (Å²) in [6.07, 6.45) is 5.47. The van der Waals surface area contributed by atoms with Crippen molar-refractivity contribution < 1.29 is 5.11 Å². The Hall–Kier alpha value is -1.39. The summed E-state index contributed by atoms with van der Waals surface area (Å²) in [6.45, 7) is 4.66. The molecule has 4 nitrogen and oxygen atoms in total. The zero-order valence-corrected chi connectivity index (χ0v) is 13.1. The summed E-state index contributed by atoms with van der Waals surface area (Å²) >= 11 is 5.98. The monoisotopic (exact) mass is 305 g/mol. The smallest absolute Gasteiger partial charge is 0.137 e. The Balaban J connectivity index is 2.03. The van der Waals surface area contributed by atoms with Gasteiger partial charge in [0.05, 0.1) is 6.54 Å². The van der Waals surface area contributed by atoms with E-state index < -0.39 is 5.60 Å². The Morgan fingerprint density at radius 3 is 2.48 bits per heavy atom. The van der Waals surface area contributed by atoms with Crippen LogP contribution in [-0.2, 0) is 12.1 Å². The third kappa shape index (κ3) is 2.58. The topological polar surface area (TPSA) is 50.9 Å². The minimum absolute atomic E-state index is 0.243. The molecule has 3 rings (SSSR count). The van der Waals surface area contributed by atoms with Gasteiger partial charge in [0.25, 0.3) is 0 Å². The van der Waals surface area contributed by atoms with Crippen LogP contribution in [0.1, 0.15) is 32.3 Å².